The molecule has 0 aromatic heterocycles. The summed E-state index contributed by atoms with van der Waals surface area (Å²) in [7, 11) is 0. The lowest BCUT2D eigenvalue weighted by atomic mass is 10.1. The summed E-state index contributed by atoms with van der Waals surface area (Å²) in [5.41, 5.74) is 0.622. The van der Waals surface area contributed by atoms with Gasteiger partial charge in [0.15, 0.2) is 11.5 Å². The van der Waals surface area contributed by atoms with Gasteiger partial charge in [-0.3, -0.25) is 4.79 Å². The van der Waals surface area contributed by atoms with Crippen molar-refractivity contribution in [3.63, 3.8) is 0 Å². The number of anilines is 1. The van der Waals surface area contributed by atoms with E-state index in [1.54, 1.807) is 12.1 Å². The van der Waals surface area contributed by atoms with Crippen LogP contribution in [0, 0.1) is 0 Å². The second-order valence-corrected chi connectivity index (χ2v) is 5.96. The summed E-state index contributed by atoms with van der Waals surface area (Å²) in [4.78, 5) is 23.8. The first-order chi connectivity index (χ1) is 13.4. The molecule has 2 rings (SSSR count). The molecule has 2 aromatic rings. The molecule has 0 aliphatic carbocycles. The maximum atomic E-state index is 12.7. The fourth-order valence-electron chi connectivity index (χ4n) is 2.49. The first-order valence-corrected chi connectivity index (χ1v) is 9.19. The third-order valence-electron chi connectivity index (χ3n) is 3.63. The van der Waals surface area contributed by atoms with Crippen LogP contribution < -0.4 is 19.5 Å². The Hall–Kier alpha value is -2.93. The highest BCUT2D eigenvalue weighted by Gasteiger charge is 2.19. The highest BCUT2D eigenvalue weighted by molar-refractivity contribution is 6.33. The molecule has 0 fully saturated rings. The molecule has 0 radical (unpaired) electrons. The van der Waals surface area contributed by atoms with Crippen molar-refractivity contribution >= 4 is 29.2 Å². The molecular formula is C20H22ClNO6. The minimum atomic E-state index is -1.14. The number of rotatable bonds is 9. The minimum Gasteiger partial charge on any atom is -0.490 e. The maximum Gasteiger partial charge on any atom is 0.337 e. The summed E-state index contributed by atoms with van der Waals surface area (Å²) in [6, 6.07) is 7.31. The monoisotopic (exact) mass is 407 g/mol. The van der Waals surface area contributed by atoms with E-state index >= 15 is 0 Å². The highest BCUT2D eigenvalue weighted by atomic mass is 35.5. The zero-order chi connectivity index (χ0) is 20.7. The molecule has 0 bridgehead atoms. The predicted molar refractivity (Wildman–Crippen MR) is 106 cm³/mol. The van der Waals surface area contributed by atoms with Crippen molar-refractivity contribution in [1.82, 2.24) is 0 Å². The Kier molecular flexibility index (Phi) is 7.52. The van der Waals surface area contributed by atoms with Crippen molar-refractivity contribution in [3.05, 3.63) is 46.5 Å². The van der Waals surface area contributed by atoms with E-state index in [9.17, 15) is 9.59 Å². The van der Waals surface area contributed by atoms with Crippen LogP contribution in [0.15, 0.2) is 30.3 Å². The smallest absolute Gasteiger partial charge is 0.337 e. The Labute approximate surface area is 168 Å². The zero-order valence-corrected chi connectivity index (χ0v) is 16.6. The van der Waals surface area contributed by atoms with E-state index in [-0.39, 0.29) is 10.6 Å². The summed E-state index contributed by atoms with van der Waals surface area (Å²) in [6.45, 7) is 6.70. The number of hydrogen-bond acceptors (Lipinski definition) is 5. The number of carbonyl (C=O) groups excluding carboxylic acids is 1. The van der Waals surface area contributed by atoms with Crippen LogP contribution in [0.5, 0.6) is 17.2 Å². The van der Waals surface area contributed by atoms with Gasteiger partial charge in [0.1, 0.15) is 0 Å². The van der Waals surface area contributed by atoms with Crippen LogP contribution in [0.2, 0.25) is 5.02 Å². The van der Waals surface area contributed by atoms with E-state index in [0.29, 0.717) is 48.3 Å². The fourth-order valence-corrected chi connectivity index (χ4v) is 2.75. The second-order valence-electron chi connectivity index (χ2n) is 5.55. The molecular weight excluding hydrogens is 386 g/mol. The molecule has 0 aliphatic heterocycles. The Morgan fingerprint density at radius 2 is 1.54 bits per heavy atom. The number of carbonyl (C=O) groups is 2. The number of halogens is 1. The summed E-state index contributed by atoms with van der Waals surface area (Å²) >= 11 is 5.95. The van der Waals surface area contributed by atoms with Crippen molar-refractivity contribution < 1.29 is 28.9 Å². The van der Waals surface area contributed by atoms with Gasteiger partial charge in [0.05, 0.1) is 30.4 Å². The van der Waals surface area contributed by atoms with E-state index in [4.69, 9.17) is 30.9 Å². The SMILES string of the molecule is CCOc1cc(C(=O)Nc2ccc(C(=O)O)c(Cl)c2)cc(OCC)c1OCC. The summed E-state index contributed by atoms with van der Waals surface area (Å²) in [5.74, 6) is -0.322. The van der Waals surface area contributed by atoms with Crippen LogP contribution >= 0.6 is 11.6 Å². The molecule has 2 N–H and O–H groups in total. The normalized spacial score (nSPS) is 10.3. The molecule has 0 aliphatic rings. The molecule has 7 nitrogen and oxygen atoms in total. The van der Waals surface area contributed by atoms with Crippen molar-refractivity contribution in [3.8, 4) is 17.2 Å². The number of carboxylic acid groups (broad SMARTS) is 1. The predicted octanol–water partition coefficient (Wildman–Crippen LogP) is 4.49. The Morgan fingerprint density at radius 3 is 2.00 bits per heavy atom. The molecule has 0 saturated heterocycles. The van der Waals surface area contributed by atoms with E-state index in [2.05, 4.69) is 5.32 Å². The third kappa shape index (κ3) is 5.07. The van der Waals surface area contributed by atoms with Crippen LogP contribution in [0.4, 0.5) is 5.69 Å². The Morgan fingerprint density at radius 1 is 0.964 bits per heavy atom. The standard InChI is InChI=1S/C20H22ClNO6/c1-4-26-16-9-12(10-17(27-5-2)18(16)28-6-3)19(23)22-13-7-8-14(20(24)25)15(21)11-13/h7-11H,4-6H2,1-3H3,(H,22,23)(H,24,25). The summed E-state index contributed by atoms with van der Waals surface area (Å²) < 4.78 is 16.8. The number of aromatic carboxylic acids is 1. The topological polar surface area (TPSA) is 94.1 Å². The summed E-state index contributed by atoms with van der Waals surface area (Å²) in [6.07, 6.45) is 0. The van der Waals surface area contributed by atoms with Gasteiger partial charge in [0, 0.05) is 11.3 Å². The largest absolute Gasteiger partial charge is 0.490 e. The lowest BCUT2D eigenvalue weighted by Gasteiger charge is -2.17. The quantitative estimate of drug-likeness (QED) is 0.636. The molecule has 1 amide bonds. The van der Waals surface area contributed by atoms with Gasteiger partial charge >= 0.3 is 5.97 Å². The number of amides is 1. The van der Waals surface area contributed by atoms with E-state index in [1.807, 2.05) is 20.8 Å². The fraction of sp³-hybridized carbons (Fsp3) is 0.300. The first-order valence-electron chi connectivity index (χ1n) is 8.81. The second kappa shape index (κ2) is 9.85. The van der Waals surface area contributed by atoms with Crippen LogP contribution in [0.1, 0.15) is 41.5 Å². The van der Waals surface area contributed by atoms with Crippen molar-refractivity contribution in [2.24, 2.45) is 0 Å². The molecule has 2 aromatic carbocycles. The van der Waals surface area contributed by atoms with Gasteiger partial charge in [-0.2, -0.15) is 0 Å². The molecule has 0 unspecified atom stereocenters. The summed E-state index contributed by atoms with van der Waals surface area (Å²) in [5, 5.41) is 11.8. The van der Waals surface area contributed by atoms with Gasteiger partial charge in [-0.1, -0.05) is 11.6 Å². The zero-order valence-electron chi connectivity index (χ0n) is 15.9. The molecule has 0 saturated carbocycles. The van der Waals surface area contributed by atoms with Gasteiger partial charge in [0.25, 0.3) is 5.91 Å². The molecule has 0 spiro atoms. The molecule has 150 valence electrons. The van der Waals surface area contributed by atoms with Crippen LogP contribution in [-0.4, -0.2) is 36.8 Å². The number of ether oxygens (including phenoxy) is 3. The van der Waals surface area contributed by atoms with Gasteiger partial charge in [-0.25, -0.2) is 4.79 Å². The van der Waals surface area contributed by atoms with Crippen molar-refractivity contribution in [2.45, 2.75) is 20.8 Å². The Balaban J connectivity index is 2.36. The van der Waals surface area contributed by atoms with Gasteiger partial charge < -0.3 is 24.6 Å². The highest BCUT2D eigenvalue weighted by Crippen LogP contribution is 2.39. The van der Waals surface area contributed by atoms with Gasteiger partial charge in [-0.15, -0.1) is 0 Å². The van der Waals surface area contributed by atoms with E-state index in [1.165, 1.54) is 18.2 Å². The van der Waals surface area contributed by atoms with Crippen LogP contribution in [0.3, 0.4) is 0 Å². The molecule has 8 heteroatoms. The van der Waals surface area contributed by atoms with Crippen LogP contribution in [0.25, 0.3) is 0 Å². The van der Waals surface area contributed by atoms with Crippen LogP contribution in [-0.2, 0) is 0 Å². The lowest BCUT2D eigenvalue weighted by molar-refractivity contribution is 0.0697. The molecule has 28 heavy (non-hydrogen) atoms. The van der Waals surface area contributed by atoms with Crippen molar-refractivity contribution in [2.75, 3.05) is 25.1 Å². The third-order valence-corrected chi connectivity index (χ3v) is 3.94. The first kappa shape index (κ1) is 21.4. The number of benzene rings is 2. The molecule has 0 atom stereocenters. The van der Waals surface area contributed by atoms with E-state index < -0.39 is 11.9 Å². The van der Waals surface area contributed by atoms with Crippen molar-refractivity contribution in [1.29, 1.82) is 0 Å². The lowest BCUT2D eigenvalue weighted by Crippen LogP contribution is -2.13. The number of hydrogen-bond donors (Lipinski definition) is 2. The number of nitrogens with one attached hydrogen (secondary N) is 1. The Bertz CT molecular complexity index is 841. The van der Waals surface area contributed by atoms with Gasteiger partial charge in [0.2, 0.25) is 5.75 Å². The number of carboxylic acids is 1. The average Bonchev–Trinajstić information content (AvgIpc) is 2.64. The minimum absolute atomic E-state index is 0.0296. The van der Waals surface area contributed by atoms with E-state index in [0.717, 1.165) is 0 Å². The van der Waals surface area contributed by atoms with Gasteiger partial charge in [-0.05, 0) is 51.1 Å². The average molecular weight is 408 g/mol. The molecule has 0 heterocycles. The maximum absolute atomic E-state index is 12.7.